The van der Waals surface area contributed by atoms with Crippen molar-refractivity contribution in [1.29, 1.82) is 0 Å². The smallest absolute Gasteiger partial charge is 0.166 e. The predicted molar refractivity (Wildman–Crippen MR) is 166 cm³/mol. The molecule has 0 atom stereocenters. The lowest BCUT2D eigenvalue weighted by atomic mass is 9.84. The summed E-state index contributed by atoms with van der Waals surface area (Å²) in [4.78, 5) is 0. The first-order valence-electron chi connectivity index (χ1n) is 13.7. The molecule has 0 unspecified atom stereocenters. The van der Waals surface area contributed by atoms with Crippen molar-refractivity contribution in [2.75, 3.05) is 0 Å². The minimum Gasteiger partial charge on any atom is -0.166 e. The SMILES string of the molecule is Cc1cc2ccc3cc(-c4c5ccccc5c(-c5ccc(C(F)(F)F)cc5)c5ccccc45)cc4ccc(c1)c2c34. The van der Waals surface area contributed by atoms with Crippen molar-refractivity contribution in [3.63, 3.8) is 0 Å². The molecule has 0 nitrogen and oxygen atoms in total. The van der Waals surface area contributed by atoms with Crippen LogP contribution in [0.4, 0.5) is 13.2 Å². The molecule has 8 aromatic rings. The largest absolute Gasteiger partial charge is 0.416 e. The number of hydrogen-bond acceptors (Lipinski definition) is 0. The summed E-state index contributed by atoms with van der Waals surface area (Å²) in [5, 5.41) is 11.6. The standard InChI is InChI=1S/C38H23F3/c1-22-18-24-10-12-26-20-28(21-27-13-11-25(19-22)34(24)35(26)27)37-32-8-4-2-6-30(32)36(31-7-3-5-9-33(31)37)23-14-16-29(17-15-23)38(39,40)41/h2-21H,1H3. The fraction of sp³-hybridized carbons (Fsp3) is 0.0526. The molecule has 0 radical (unpaired) electrons. The zero-order valence-corrected chi connectivity index (χ0v) is 22.2. The number of aryl methyl sites for hydroxylation is 1. The maximum atomic E-state index is 13.3. The van der Waals surface area contributed by atoms with Crippen LogP contribution < -0.4 is 0 Å². The van der Waals surface area contributed by atoms with Gasteiger partial charge >= 0.3 is 6.18 Å². The van der Waals surface area contributed by atoms with E-state index in [-0.39, 0.29) is 0 Å². The summed E-state index contributed by atoms with van der Waals surface area (Å²) >= 11 is 0. The Hall–Kier alpha value is -4.89. The zero-order valence-electron chi connectivity index (χ0n) is 22.2. The fourth-order valence-corrected chi connectivity index (χ4v) is 6.71. The first kappa shape index (κ1) is 24.0. The van der Waals surface area contributed by atoms with Crippen molar-refractivity contribution >= 4 is 53.9 Å². The number of hydrogen-bond donors (Lipinski definition) is 0. The average Bonchev–Trinajstić information content (AvgIpc) is 2.97. The highest BCUT2D eigenvalue weighted by Crippen LogP contribution is 2.46. The third-order valence-electron chi connectivity index (χ3n) is 8.40. The molecule has 0 bridgehead atoms. The Morgan fingerprint density at radius 3 is 1.24 bits per heavy atom. The monoisotopic (exact) mass is 536 g/mol. The van der Waals surface area contributed by atoms with Gasteiger partial charge in [0.05, 0.1) is 5.56 Å². The highest BCUT2D eigenvalue weighted by molar-refractivity contribution is 6.26. The minimum atomic E-state index is -4.37. The molecule has 0 amide bonds. The fourth-order valence-electron chi connectivity index (χ4n) is 6.71. The minimum absolute atomic E-state index is 0.643. The first-order chi connectivity index (χ1) is 19.9. The van der Waals surface area contributed by atoms with Gasteiger partial charge in [0, 0.05) is 0 Å². The van der Waals surface area contributed by atoms with Crippen LogP contribution in [0.3, 0.4) is 0 Å². The highest BCUT2D eigenvalue weighted by atomic mass is 19.4. The van der Waals surface area contributed by atoms with Crippen LogP contribution in [0.1, 0.15) is 11.1 Å². The van der Waals surface area contributed by atoms with Crippen LogP contribution in [-0.2, 0) is 6.18 Å². The van der Waals surface area contributed by atoms with Crippen molar-refractivity contribution in [2.24, 2.45) is 0 Å². The van der Waals surface area contributed by atoms with Crippen molar-refractivity contribution in [3.8, 4) is 22.3 Å². The van der Waals surface area contributed by atoms with E-state index in [2.05, 4.69) is 79.7 Å². The van der Waals surface area contributed by atoms with E-state index in [1.165, 1.54) is 50.0 Å². The summed E-state index contributed by atoms with van der Waals surface area (Å²) in [5.74, 6) is 0. The molecule has 0 aromatic heterocycles. The Bertz CT molecular complexity index is 2170. The molecular weight excluding hydrogens is 513 g/mol. The Kier molecular flexibility index (Phi) is 5.00. The maximum Gasteiger partial charge on any atom is 0.416 e. The molecule has 0 aliphatic heterocycles. The van der Waals surface area contributed by atoms with Crippen molar-refractivity contribution in [2.45, 2.75) is 13.1 Å². The van der Waals surface area contributed by atoms with Gasteiger partial charge in [-0.15, -0.1) is 0 Å². The van der Waals surface area contributed by atoms with E-state index in [1.807, 2.05) is 24.3 Å². The van der Waals surface area contributed by atoms with E-state index in [1.54, 1.807) is 12.1 Å². The highest BCUT2D eigenvalue weighted by Gasteiger charge is 2.30. The lowest BCUT2D eigenvalue weighted by Gasteiger charge is -2.19. The van der Waals surface area contributed by atoms with Gasteiger partial charge in [-0.1, -0.05) is 97.1 Å². The zero-order chi connectivity index (χ0) is 27.9. The number of rotatable bonds is 2. The predicted octanol–water partition coefficient (Wildman–Crippen LogP) is 11.6. The summed E-state index contributed by atoms with van der Waals surface area (Å²) in [6, 6.07) is 39.9. The summed E-state index contributed by atoms with van der Waals surface area (Å²) in [5.41, 5.74) is 4.58. The van der Waals surface area contributed by atoms with Crippen LogP contribution in [0, 0.1) is 6.92 Å². The topological polar surface area (TPSA) is 0 Å². The Labute approximate surface area is 234 Å². The molecule has 0 aliphatic rings. The van der Waals surface area contributed by atoms with Gasteiger partial charge in [-0.3, -0.25) is 0 Å². The van der Waals surface area contributed by atoms with Gasteiger partial charge in [-0.2, -0.15) is 13.2 Å². The first-order valence-corrected chi connectivity index (χ1v) is 13.7. The molecule has 8 rings (SSSR count). The van der Waals surface area contributed by atoms with E-state index in [0.29, 0.717) is 0 Å². The molecular formula is C38H23F3. The van der Waals surface area contributed by atoms with Crippen LogP contribution in [0.5, 0.6) is 0 Å². The summed E-state index contributed by atoms with van der Waals surface area (Å²) in [6.07, 6.45) is -4.37. The number of fused-ring (bicyclic) bond motifs is 2. The van der Waals surface area contributed by atoms with E-state index in [0.717, 1.165) is 43.8 Å². The normalized spacial score (nSPS) is 12.4. The van der Waals surface area contributed by atoms with Crippen LogP contribution in [0.15, 0.2) is 121 Å². The molecule has 0 saturated carbocycles. The Balaban J connectivity index is 1.45. The van der Waals surface area contributed by atoms with Gasteiger partial charge in [0.1, 0.15) is 0 Å². The quantitative estimate of drug-likeness (QED) is 0.152. The molecule has 0 fully saturated rings. The van der Waals surface area contributed by atoms with E-state index in [4.69, 9.17) is 0 Å². The van der Waals surface area contributed by atoms with Gasteiger partial charge in [-0.25, -0.2) is 0 Å². The number of halogens is 3. The van der Waals surface area contributed by atoms with Crippen LogP contribution in [0.2, 0.25) is 0 Å². The lowest BCUT2D eigenvalue weighted by Crippen LogP contribution is -2.04. The molecule has 0 N–H and O–H groups in total. The molecule has 0 aliphatic carbocycles. The molecule has 8 aromatic carbocycles. The molecule has 0 saturated heterocycles. The maximum absolute atomic E-state index is 13.3. The average molecular weight is 537 g/mol. The van der Waals surface area contributed by atoms with Crippen LogP contribution >= 0.6 is 0 Å². The second kappa shape index (κ2) is 8.55. The lowest BCUT2D eigenvalue weighted by molar-refractivity contribution is -0.137. The van der Waals surface area contributed by atoms with Crippen molar-refractivity contribution in [1.82, 2.24) is 0 Å². The third-order valence-corrected chi connectivity index (χ3v) is 8.40. The molecule has 0 spiro atoms. The van der Waals surface area contributed by atoms with Crippen LogP contribution in [-0.4, -0.2) is 0 Å². The molecule has 0 heterocycles. The van der Waals surface area contributed by atoms with Gasteiger partial charge in [0.25, 0.3) is 0 Å². The van der Waals surface area contributed by atoms with Gasteiger partial charge in [0.2, 0.25) is 0 Å². The number of benzene rings is 8. The second-order valence-electron chi connectivity index (χ2n) is 10.9. The van der Waals surface area contributed by atoms with E-state index in [9.17, 15) is 13.2 Å². The Morgan fingerprint density at radius 1 is 0.439 bits per heavy atom. The summed E-state index contributed by atoms with van der Waals surface area (Å²) < 4.78 is 40.0. The number of alkyl halides is 3. The summed E-state index contributed by atoms with van der Waals surface area (Å²) in [7, 11) is 0. The van der Waals surface area contributed by atoms with Crippen LogP contribution in [0.25, 0.3) is 76.1 Å². The van der Waals surface area contributed by atoms with Gasteiger partial charge < -0.3 is 0 Å². The second-order valence-corrected chi connectivity index (χ2v) is 10.9. The Morgan fingerprint density at radius 2 is 0.829 bits per heavy atom. The molecule has 196 valence electrons. The van der Waals surface area contributed by atoms with Gasteiger partial charge in [-0.05, 0) is 113 Å². The van der Waals surface area contributed by atoms with E-state index < -0.39 is 11.7 Å². The summed E-state index contributed by atoms with van der Waals surface area (Å²) in [6.45, 7) is 2.14. The van der Waals surface area contributed by atoms with E-state index >= 15 is 0 Å². The van der Waals surface area contributed by atoms with Gasteiger partial charge in [0.15, 0.2) is 0 Å². The third kappa shape index (κ3) is 3.62. The molecule has 41 heavy (non-hydrogen) atoms. The van der Waals surface area contributed by atoms with Crippen molar-refractivity contribution < 1.29 is 13.2 Å². The van der Waals surface area contributed by atoms with Crippen molar-refractivity contribution in [3.05, 3.63) is 132 Å². The molecule has 3 heteroatoms.